The number of anilines is 1. The molecule has 3 aliphatic rings. The molecule has 2 unspecified atom stereocenters. The Morgan fingerprint density at radius 1 is 1.00 bits per heavy atom. The van der Waals surface area contributed by atoms with E-state index in [2.05, 4.69) is 9.97 Å². The molecule has 3 amide bonds. The highest BCUT2D eigenvalue weighted by atomic mass is 16.7. The number of imide groups is 1. The lowest BCUT2D eigenvalue weighted by Crippen LogP contribution is -2.44. The summed E-state index contributed by atoms with van der Waals surface area (Å²) in [6, 6.07) is 3.12. The Morgan fingerprint density at radius 2 is 1.72 bits per heavy atom. The minimum Gasteiger partial charge on any atom is -0.410 e. The Kier molecular flexibility index (Phi) is 5.50. The van der Waals surface area contributed by atoms with Gasteiger partial charge in [0, 0.05) is 38.2 Å². The maximum absolute atomic E-state index is 12.7. The number of hydrogen-bond acceptors (Lipinski definition) is 7. The number of carbonyl (C=O) groups is 3. The summed E-state index contributed by atoms with van der Waals surface area (Å²) in [5, 5.41) is 0. The molecule has 10 nitrogen and oxygen atoms in total. The Labute approximate surface area is 185 Å². The number of ether oxygens (including phenoxy) is 1. The van der Waals surface area contributed by atoms with Crippen LogP contribution < -0.4 is 14.5 Å². The van der Waals surface area contributed by atoms with Crippen molar-refractivity contribution in [2.24, 2.45) is 11.8 Å². The van der Waals surface area contributed by atoms with E-state index in [-0.39, 0.29) is 35.6 Å². The molecule has 10 heteroatoms. The predicted octanol–water partition coefficient (Wildman–Crippen LogP) is 2.05. The van der Waals surface area contributed by atoms with Gasteiger partial charge in [0.1, 0.15) is 12.4 Å². The van der Waals surface area contributed by atoms with Crippen molar-refractivity contribution < 1.29 is 24.0 Å². The van der Waals surface area contributed by atoms with Crippen molar-refractivity contribution in [1.82, 2.24) is 19.6 Å². The van der Waals surface area contributed by atoms with Gasteiger partial charge in [0.15, 0.2) is 0 Å². The molecule has 2 atom stereocenters. The predicted molar refractivity (Wildman–Crippen MR) is 112 cm³/mol. The molecule has 2 aromatic rings. The molecule has 1 aliphatic carbocycles. The van der Waals surface area contributed by atoms with E-state index >= 15 is 0 Å². The van der Waals surface area contributed by atoms with Crippen LogP contribution >= 0.6 is 0 Å². The number of imidazole rings is 1. The molecule has 3 fully saturated rings. The van der Waals surface area contributed by atoms with E-state index in [0.29, 0.717) is 31.6 Å². The van der Waals surface area contributed by atoms with E-state index in [0.717, 1.165) is 25.7 Å². The minimum atomic E-state index is -0.481. The fraction of sp³-hybridized carbons (Fsp3) is 0.500. The van der Waals surface area contributed by atoms with Crippen molar-refractivity contribution >= 4 is 23.6 Å². The van der Waals surface area contributed by atoms with Crippen LogP contribution in [0.1, 0.15) is 38.5 Å². The number of aromatic nitrogens is 3. The van der Waals surface area contributed by atoms with Crippen molar-refractivity contribution in [2.45, 2.75) is 44.6 Å². The fourth-order valence-corrected chi connectivity index (χ4v) is 4.76. The summed E-state index contributed by atoms with van der Waals surface area (Å²) >= 11 is 0. The molecular weight excluding hydrogens is 414 g/mol. The van der Waals surface area contributed by atoms with E-state index < -0.39 is 6.09 Å². The van der Waals surface area contributed by atoms with Crippen LogP contribution in [-0.4, -0.2) is 56.7 Å². The zero-order valence-corrected chi connectivity index (χ0v) is 17.6. The summed E-state index contributed by atoms with van der Waals surface area (Å²) in [6.07, 6.45) is 10.8. The molecule has 0 aromatic carbocycles. The molecule has 0 bridgehead atoms. The molecule has 5 rings (SSSR count). The first-order valence-corrected chi connectivity index (χ1v) is 11.1. The van der Waals surface area contributed by atoms with Gasteiger partial charge in [-0.05, 0) is 18.9 Å². The van der Waals surface area contributed by atoms with Crippen molar-refractivity contribution in [1.29, 1.82) is 0 Å². The van der Waals surface area contributed by atoms with E-state index in [9.17, 15) is 14.4 Å². The van der Waals surface area contributed by atoms with Crippen molar-refractivity contribution in [3.63, 3.8) is 0 Å². The Hall–Kier alpha value is -3.43. The quantitative estimate of drug-likeness (QED) is 0.671. The fourth-order valence-electron chi connectivity index (χ4n) is 4.76. The Morgan fingerprint density at radius 3 is 2.31 bits per heavy atom. The van der Waals surface area contributed by atoms with E-state index in [1.807, 2.05) is 0 Å². The highest BCUT2D eigenvalue weighted by Crippen LogP contribution is 2.40. The summed E-state index contributed by atoms with van der Waals surface area (Å²) in [4.78, 5) is 54.6. The Balaban J connectivity index is 1.16. The second-order valence-corrected chi connectivity index (χ2v) is 8.45. The second kappa shape index (κ2) is 8.60. The lowest BCUT2D eigenvalue weighted by atomic mass is 9.81. The van der Waals surface area contributed by atoms with E-state index in [1.54, 1.807) is 34.4 Å². The molecule has 2 saturated heterocycles. The van der Waals surface area contributed by atoms with Crippen LogP contribution in [0.5, 0.6) is 5.88 Å². The van der Waals surface area contributed by atoms with Crippen LogP contribution in [-0.2, 0) is 9.59 Å². The van der Waals surface area contributed by atoms with E-state index in [1.165, 1.54) is 17.2 Å². The van der Waals surface area contributed by atoms with Crippen LogP contribution in [0.25, 0.3) is 0 Å². The smallest absolute Gasteiger partial charge is 0.410 e. The highest BCUT2D eigenvalue weighted by molar-refractivity contribution is 6.22. The van der Waals surface area contributed by atoms with Crippen LogP contribution in [0, 0.1) is 11.8 Å². The van der Waals surface area contributed by atoms with Gasteiger partial charge in [-0.25, -0.2) is 19.7 Å². The molecule has 4 heterocycles. The number of hydrogen-bond donors (Lipinski definition) is 0. The largest absolute Gasteiger partial charge is 0.416 e. The first kappa shape index (κ1) is 20.5. The minimum absolute atomic E-state index is 0.00453. The zero-order chi connectivity index (χ0) is 22.1. The van der Waals surface area contributed by atoms with Gasteiger partial charge in [-0.3, -0.25) is 9.59 Å². The maximum Gasteiger partial charge on any atom is 0.416 e. The molecule has 168 valence electrons. The van der Waals surface area contributed by atoms with Gasteiger partial charge in [0.2, 0.25) is 17.7 Å². The van der Waals surface area contributed by atoms with Crippen molar-refractivity contribution in [3.8, 4) is 5.88 Å². The number of carbonyl (C=O) groups excluding carboxylic acids is 3. The standard InChI is InChI=1S/C22H25N5O5/c28-20-17-3-1-2-4-18(17)21(29)27(20)15-5-6-19(24-13-15)31-22(30)25-10-7-16(8-11-25)32-26-12-9-23-14-26/h5-6,9,12-14,16-18H,1-4,7-8,10-11H2. The molecule has 0 N–H and O–H groups in total. The number of nitrogens with zero attached hydrogens (tertiary/aromatic N) is 5. The number of likely N-dealkylation sites (tertiary alicyclic amines) is 1. The number of fused-ring (bicyclic) bond motifs is 1. The lowest BCUT2D eigenvalue weighted by Gasteiger charge is -2.30. The monoisotopic (exact) mass is 439 g/mol. The molecular formula is C22H25N5O5. The average molecular weight is 439 g/mol. The SMILES string of the molecule is O=C(Oc1ccc(N2C(=O)C3CCCCC3C2=O)cn1)N1CCC(On2ccnc2)CC1. The third-order valence-electron chi connectivity index (χ3n) is 6.46. The van der Waals surface area contributed by atoms with Gasteiger partial charge >= 0.3 is 6.09 Å². The summed E-state index contributed by atoms with van der Waals surface area (Å²) in [5.74, 6) is -0.588. The highest BCUT2D eigenvalue weighted by Gasteiger charge is 2.48. The number of rotatable bonds is 4. The summed E-state index contributed by atoms with van der Waals surface area (Å²) in [6.45, 7) is 1.02. The lowest BCUT2D eigenvalue weighted by molar-refractivity contribution is -0.122. The molecule has 2 aliphatic heterocycles. The van der Waals surface area contributed by atoms with Crippen LogP contribution in [0.15, 0.2) is 37.1 Å². The van der Waals surface area contributed by atoms with Gasteiger partial charge < -0.3 is 14.5 Å². The molecule has 0 radical (unpaired) electrons. The average Bonchev–Trinajstić information content (AvgIpc) is 3.42. The van der Waals surface area contributed by atoms with Gasteiger partial charge in [-0.1, -0.05) is 12.8 Å². The summed E-state index contributed by atoms with van der Waals surface area (Å²) in [7, 11) is 0. The third-order valence-corrected chi connectivity index (χ3v) is 6.46. The van der Waals surface area contributed by atoms with Crippen LogP contribution in [0.3, 0.4) is 0 Å². The van der Waals surface area contributed by atoms with Gasteiger partial charge in [-0.2, -0.15) is 4.73 Å². The van der Waals surface area contributed by atoms with Crippen molar-refractivity contribution in [3.05, 3.63) is 37.1 Å². The van der Waals surface area contributed by atoms with Crippen molar-refractivity contribution in [2.75, 3.05) is 18.0 Å². The number of amides is 3. The van der Waals surface area contributed by atoms with Gasteiger partial charge in [0.05, 0.1) is 29.9 Å². The Bertz CT molecular complexity index is 961. The van der Waals surface area contributed by atoms with E-state index in [4.69, 9.17) is 9.57 Å². The van der Waals surface area contributed by atoms with Gasteiger partial charge in [-0.15, -0.1) is 0 Å². The second-order valence-electron chi connectivity index (χ2n) is 8.45. The topological polar surface area (TPSA) is 107 Å². The number of pyridine rings is 1. The van der Waals surface area contributed by atoms with Gasteiger partial charge in [0.25, 0.3) is 0 Å². The molecule has 2 aromatic heterocycles. The normalized spacial score (nSPS) is 23.9. The first-order valence-electron chi connectivity index (χ1n) is 11.1. The first-order chi connectivity index (χ1) is 15.6. The van der Waals surface area contributed by atoms with Crippen LogP contribution in [0.2, 0.25) is 0 Å². The molecule has 0 spiro atoms. The van der Waals surface area contributed by atoms with Crippen LogP contribution in [0.4, 0.5) is 10.5 Å². The number of piperidine rings is 1. The molecule has 1 saturated carbocycles. The summed E-state index contributed by atoms with van der Waals surface area (Å²) in [5.41, 5.74) is 0.423. The maximum atomic E-state index is 12.7. The third kappa shape index (κ3) is 3.92. The summed E-state index contributed by atoms with van der Waals surface area (Å²) < 4.78 is 6.96. The zero-order valence-electron chi connectivity index (χ0n) is 17.6. The molecule has 32 heavy (non-hydrogen) atoms.